The van der Waals surface area contributed by atoms with Gasteiger partial charge in [-0.1, -0.05) is 6.92 Å². The molecule has 0 aromatic heterocycles. The summed E-state index contributed by atoms with van der Waals surface area (Å²) in [6.45, 7) is 10.7. The average molecular weight is 203 g/mol. The maximum Gasteiger partial charge on any atom is 0.0703 e. The van der Waals surface area contributed by atoms with E-state index in [1.165, 1.54) is 6.42 Å². The third-order valence-corrected chi connectivity index (χ3v) is 1.75. The molecule has 86 valence electrons. The molecule has 14 heavy (non-hydrogen) atoms. The fourth-order valence-electron chi connectivity index (χ4n) is 1.05. The van der Waals surface area contributed by atoms with Crippen molar-refractivity contribution in [3.8, 4) is 0 Å². The molecule has 0 aliphatic carbocycles. The van der Waals surface area contributed by atoms with Gasteiger partial charge in [-0.2, -0.15) is 0 Å². The minimum Gasteiger partial charge on any atom is -0.379 e. The predicted octanol–water partition coefficient (Wildman–Crippen LogP) is 1.82. The molecular formula is C11H25NO2. The molecule has 0 aliphatic heterocycles. The molecule has 0 radical (unpaired) electrons. The fraction of sp³-hybridized carbons (Fsp3) is 1.00. The third-order valence-electron chi connectivity index (χ3n) is 1.75. The first-order valence-corrected chi connectivity index (χ1v) is 5.67. The van der Waals surface area contributed by atoms with E-state index in [9.17, 15) is 0 Å². The number of rotatable bonds is 10. The molecule has 0 heterocycles. The summed E-state index contributed by atoms with van der Waals surface area (Å²) in [7, 11) is 0. The van der Waals surface area contributed by atoms with Gasteiger partial charge in [-0.25, -0.2) is 0 Å². The van der Waals surface area contributed by atoms with Gasteiger partial charge in [0.05, 0.1) is 19.3 Å². The quantitative estimate of drug-likeness (QED) is 0.549. The number of ether oxygens (including phenoxy) is 2. The Morgan fingerprint density at radius 2 is 1.86 bits per heavy atom. The summed E-state index contributed by atoms with van der Waals surface area (Å²) in [6, 6.07) is 0. The van der Waals surface area contributed by atoms with Gasteiger partial charge in [0.15, 0.2) is 0 Å². The van der Waals surface area contributed by atoms with Gasteiger partial charge in [-0.3, -0.25) is 0 Å². The maximum absolute atomic E-state index is 5.40. The van der Waals surface area contributed by atoms with Gasteiger partial charge in [0.1, 0.15) is 0 Å². The van der Waals surface area contributed by atoms with Gasteiger partial charge in [0.2, 0.25) is 0 Å². The molecule has 3 nitrogen and oxygen atoms in total. The average Bonchev–Trinajstić information content (AvgIpc) is 2.15. The van der Waals surface area contributed by atoms with E-state index in [4.69, 9.17) is 9.47 Å². The first kappa shape index (κ1) is 13.9. The molecule has 3 heteroatoms. The Morgan fingerprint density at radius 3 is 2.50 bits per heavy atom. The lowest BCUT2D eigenvalue weighted by atomic mass is 10.4. The summed E-state index contributed by atoms with van der Waals surface area (Å²) in [6.07, 6.45) is 2.59. The molecule has 0 aliphatic rings. The van der Waals surface area contributed by atoms with Crippen molar-refractivity contribution in [3.05, 3.63) is 0 Å². The van der Waals surface area contributed by atoms with Crippen LogP contribution in [0.2, 0.25) is 0 Å². The van der Waals surface area contributed by atoms with E-state index in [1.54, 1.807) is 0 Å². The lowest BCUT2D eigenvalue weighted by Gasteiger charge is -2.08. The third kappa shape index (κ3) is 11.9. The monoisotopic (exact) mass is 203 g/mol. The van der Waals surface area contributed by atoms with Crippen molar-refractivity contribution in [2.24, 2.45) is 0 Å². The van der Waals surface area contributed by atoms with E-state index in [-0.39, 0.29) is 0 Å². The Bertz CT molecular complexity index is 107. The molecule has 0 rings (SSSR count). The molecule has 0 saturated carbocycles. The summed E-state index contributed by atoms with van der Waals surface area (Å²) in [5.74, 6) is 0. The van der Waals surface area contributed by atoms with Crippen LogP contribution in [0.15, 0.2) is 0 Å². The highest BCUT2D eigenvalue weighted by molar-refractivity contribution is 4.45. The molecule has 0 amide bonds. The molecule has 0 spiro atoms. The number of hydrogen-bond acceptors (Lipinski definition) is 3. The van der Waals surface area contributed by atoms with E-state index >= 15 is 0 Å². The Labute approximate surface area is 88.2 Å². The second kappa shape index (κ2) is 11.0. The van der Waals surface area contributed by atoms with Gasteiger partial charge < -0.3 is 14.8 Å². The minimum atomic E-state index is 0.310. The smallest absolute Gasteiger partial charge is 0.0703 e. The lowest BCUT2D eigenvalue weighted by molar-refractivity contribution is 0.0191. The predicted molar refractivity (Wildman–Crippen MR) is 59.7 cm³/mol. The lowest BCUT2D eigenvalue weighted by Crippen LogP contribution is -2.18. The molecule has 0 aromatic rings. The van der Waals surface area contributed by atoms with Crippen molar-refractivity contribution in [1.82, 2.24) is 5.32 Å². The summed E-state index contributed by atoms with van der Waals surface area (Å²) >= 11 is 0. The van der Waals surface area contributed by atoms with Gasteiger partial charge >= 0.3 is 0 Å². The molecule has 0 atom stereocenters. The first-order valence-electron chi connectivity index (χ1n) is 5.67. The normalized spacial score (nSPS) is 11.1. The van der Waals surface area contributed by atoms with Crippen molar-refractivity contribution >= 4 is 0 Å². The topological polar surface area (TPSA) is 30.5 Å². The molecule has 0 saturated heterocycles. The van der Waals surface area contributed by atoms with E-state index in [0.29, 0.717) is 19.3 Å². The summed E-state index contributed by atoms with van der Waals surface area (Å²) in [5, 5.41) is 3.33. The Hall–Kier alpha value is -0.120. The molecule has 0 bridgehead atoms. The van der Waals surface area contributed by atoms with Crippen molar-refractivity contribution < 1.29 is 9.47 Å². The van der Waals surface area contributed by atoms with E-state index in [0.717, 1.165) is 26.1 Å². The second-order valence-corrected chi connectivity index (χ2v) is 3.64. The maximum atomic E-state index is 5.40. The zero-order valence-electron chi connectivity index (χ0n) is 9.84. The van der Waals surface area contributed by atoms with E-state index in [2.05, 4.69) is 12.2 Å². The zero-order valence-corrected chi connectivity index (χ0v) is 9.84. The van der Waals surface area contributed by atoms with E-state index in [1.807, 2.05) is 13.8 Å². The molecule has 0 aromatic carbocycles. The van der Waals surface area contributed by atoms with Crippen molar-refractivity contribution in [1.29, 1.82) is 0 Å². The highest BCUT2D eigenvalue weighted by Crippen LogP contribution is 1.88. The standard InChI is InChI=1S/C11H25NO2/c1-4-6-12-7-5-8-13-9-10-14-11(2)3/h11-12H,4-10H2,1-3H3. The van der Waals surface area contributed by atoms with Crippen LogP contribution in [-0.4, -0.2) is 39.0 Å². The van der Waals surface area contributed by atoms with Crippen LogP contribution in [0.4, 0.5) is 0 Å². The van der Waals surface area contributed by atoms with Crippen LogP contribution >= 0.6 is 0 Å². The van der Waals surface area contributed by atoms with Crippen molar-refractivity contribution in [3.63, 3.8) is 0 Å². The highest BCUT2D eigenvalue weighted by Gasteiger charge is 1.93. The Kier molecular flexibility index (Phi) is 10.9. The van der Waals surface area contributed by atoms with Crippen LogP contribution in [0.25, 0.3) is 0 Å². The van der Waals surface area contributed by atoms with Gasteiger partial charge in [0, 0.05) is 6.61 Å². The van der Waals surface area contributed by atoms with Crippen LogP contribution in [0.5, 0.6) is 0 Å². The van der Waals surface area contributed by atoms with Crippen LogP contribution in [0.1, 0.15) is 33.6 Å². The van der Waals surface area contributed by atoms with Crippen LogP contribution in [0.3, 0.4) is 0 Å². The fourth-order valence-corrected chi connectivity index (χ4v) is 1.05. The van der Waals surface area contributed by atoms with Gasteiger partial charge in [0.25, 0.3) is 0 Å². The molecule has 1 N–H and O–H groups in total. The number of nitrogens with one attached hydrogen (secondary N) is 1. The highest BCUT2D eigenvalue weighted by atomic mass is 16.5. The molecule has 0 unspecified atom stereocenters. The second-order valence-electron chi connectivity index (χ2n) is 3.64. The van der Waals surface area contributed by atoms with Crippen molar-refractivity contribution in [2.45, 2.75) is 39.7 Å². The van der Waals surface area contributed by atoms with Crippen LogP contribution < -0.4 is 5.32 Å². The van der Waals surface area contributed by atoms with Gasteiger partial charge in [-0.05, 0) is 39.8 Å². The van der Waals surface area contributed by atoms with Crippen molar-refractivity contribution in [2.75, 3.05) is 32.9 Å². The first-order chi connectivity index (χ1) is 6.77. The molecule has 0 fully saturated rings. The summed E-state index contributed by atoms with van der Waals surface area (Å²) < 4.78 is 10.7. The van der Waals surface area contributed by atoms with E-state index < -0.39 is 0 Å². The molecular weight excluding hydrogens is 178 g/mol. The zero-order chi connectivity index (χ0) is 10.6. The van der Waals surface area contributed by atoms with Crippen LogP contribution in [0, 0.1) is 0 Å². The van der Waals surface area contributed by atoms with Crippen LogP contribution in [-0.2, 0) is 9.47 Å². The summed E-state index contributed by atoms with van der Waals surface area (Å²) in [5.41, 5.74) is 0. The minimum absolute atomic E-state index is 0.310. The Morgan fingerprint density at radius 1 is 1.07 bits per heavy atom. The SMILES string of the molecule is CCCNCCCOCCOC(C)C. The Balaban J connectivity index is 2.85. The number of hydrogen-bond donors (Lipinski definition) is 1. The summed E-state index contributed by atoms with van der Waals surface area (Å²) in [4.78, 5) is 0. The van der Waals surface area contributed by atoms with Gasteiger partial charge in [-0.15, -0.1) is 0 Å². The largest absolute Gasteiger partial charge is 0.379 e.